The van der Waals surface area contributed by atoms with Crippen LogP contribution in [0.1, 0.15) is 36.5 Å². The molecule has 7 heteroatoms. The molecule has 1 heterocycles. The molecule has 1 aliphatic heterocycles. The van der Waals surface area contributed by atoms with E-state index in [2.05, 4.69) is 10.2 Å². The van der Waals surface area contributed by atoms with Crippen LogP contribution in [0.4, 0.5) is 11.4 Å². The fraction of sp³-hybridized carbons (Fsp3) is 0.348. The highest BCUT2D eigenvalue weighted by atomic mass is 16.6. The number of hydrogen-bond donors (Lipinski definition) is 1. The zero-order chi connectivity index (χ0) is 21.3. The summed E-state index contributed by atoms with van der Waals surface area (Å²) in [6.45, 7) is 2.82. The number of carbonyl (C=O) groups is 3. The predicted molar refractivity (Wildman–Crippen MR) is 114 cm³/mol. The normalized spacial score (nSPS) is 13.4. The molecular formula is C23H26N2O5. The summed E-state index contributed by atoms with van der Waals surface area (Å²) in [6.07, 6.45) is 3.69. The van der Waals surface area contributed by atoms with Crippen molar-refractivity contribution < 1.29 is 23.9 Å². The third-order valence-electron chi connectivity index (χ3n) is 4.83. The second-order valence-corrected chi connectivity index (χ2v) is 7.18. The number of ether oxygens (including phenoxy) is 2. The monoisotopic (exact) mass is 410 g/mol. The summed E-state index contributed by atoms with van der Waals surface area (Å²) in [5.74, 6) is -0.798. The van der Waals surface area contributed by atoms with E-state index in [0.717, 1.165) is 18.8 Å². The molecule has 7 nitrogen and oxygen atoms in total. The van der Waals surface area contributed by atoms with E-state index in [0.29, 0.717) is 17.0 Å². The lowest BCUT2D eigenvalue weighted by Crippen LogP contribution is -2.29. The van der Waals surface area contributed by atoms with Crippen molar-refractivity contribution >= 4 is 29.0 Å². The minimum Gasteiger partial charge on any atom is -0.482 e. The number of rotatable bonds is 8. The average Bonchev–Trinajstić information content (AvgIpc) is 2.77. The zero-order valence-corrected chi connectivity index (χ0v) is 17.1. The number of ketones is 1. The first-order valence-corrected chi connectivity index (χ1v) is 10.1. The Hall–Kier alpha value is -3.35. The van der Waals surface area contributed by atoms with E-state index in [9.17, 15) is 14.4 Å². The molecule has 1 saturated heterocycles. The molecule has 0 saturated carbocycles. The number of piperidine rings is 1. The Kier molecular flexibility index (Phi) is 7.43. The number of carbonyl (C=O) groups excluding carboxylic acids is 3. The number of Topliss-reactive ketones (excluding diaryl/α,β-unsaturated/α-hetero) is 1. The zero-order valence-electron chi connectivity index (χ0n) is 17.1. The summed E-state index contributed by atoms with van der Waals surface area (Å²) < 4.78 is 10.3. The Morgan fingerprint density at radius 1 is 0.967 bits per heavy atom. The quantitative estimate of drug-likeness (QED) is 0.530. The van der Waals surface area contributed by atoms with Gasteiger partial charge in [-0.1, -0.05) is 12.1 Å². The van der Waals surface area contributed by atoms with Gasteiger partial charge in [-0.05, 0) is 62.6 Å². The molecule has 0 radical (unpaired) electrons. The lowest BCUT2D eigenvalue weighted by Gasteiger charge is -2.28. The smallest absolute Gasteiger partial charge is 0.344 e. The van der Waals surface area contributed by atoms with Gasteiger partial charge in [-0.2, -0.15) is 0 Å². The second kappa shape index (κ2) is 10.4. The fourth-order valence-corrected chi connectivity index (χ4v) is 3.24. The summed E-state index contributed by atoms with van der Waals surface area (Å²) in [5, 5.41) is 2.71. The topological polar surface area (TPSA) is 84.9 Å². The first-order valence-electron chi connectivity index (χ1n) is 10.1. The lowest BCUT2D eigenvalue weighted by molar-refractivity contribution is -0.149. The molecule has 1 amide bonds. The van der Waals surface area contributed by atoms with Gasteiger partial charge in [0.2, 0.25) is 0 Å². The maximum absolute atomic E-state index is 12.0. The number of nitrogens with zero attached hydrogens (tertiary/aromatic N) is 1. The molecule has 1 fully saturated rings. The Balaban J connectivity index is 1.40. The Labute approximate surface area is 176 Å². The molecule has 3 rings (SSSR count). The minimum atomic E-state index is -0.668. The van der Waals surface area contributed by atoms with Crippen molar-refractivity contribution in [3.63, 3.8) is 0 Å². The SMILES string of the molecule is CC(=O)c1cccc(OCC(=O)OCC(=O)Nc2ccc(N3CCCCC3)cc2)c1. The second-order valence-electron chi connectivity index (χ2n) is 7.18. The highest BCUT2D eigenvalue weighted by Crippen LogP contribution is 2.21. The number of amides is 1. The molecule has 30 heavy (non-hydrogen) atoms. The van der Waals surface area contributed by atoms with Crippen LogP contribution >= 0.6 is 0 Å². The van der Waals surface area contributed by atoms with Crippen LogP contribution in [0.3, 0.4) is 0 Å². The average molecular weight is 410 g/mol. The third-order valence-corrected chi connectivity index (χ3v) is 4.83. The van der Waals surface area contributed by atoms with Crippen molar-refractivity contribution in [3.8, 4) is 5.75 Å². The highest BCUT2D eigenvalue weighted by Gasteiger charge is 2.12. The van der Waals surface area contributed by atoms with Crippen LogP contribution in [-0.2, 0) is 14.3 Å². The molecule has 0 aliphatic carbocycles. The summed E-state index contributed by atoms with van der Waals surface area (Å²) in [4.78, 5) is 37.5. The van der Waals surface area contributed by atoms with Crippen molar-refractivity contribution in [2.24, 2.45) is 0 Å². The highest BCUT2D eigenvalue weighted by molar-refractivity contribution is 5.94. The number of nitrogens with one attached hydrogen (secondary N) is 1. The molecule has 1 aliphatic rings. The summed E-state index contributed by atoms with van der Waals surface area (Å²) in [6, 6.07) is 14.2. The molecule has 0 spiro atoms. The van der Waals surface area contributed by atoms with Gasteiger partial charge in [0.25, 0.3) is 5.91 Å². The molecule has 0 unspecified atom stereocenters. The number of benzene rings is 2. The summed E-state index contributed by atoms with van der Waals surface area (Å²) in [7, 11) is 0. The summed E-state index contributed by atoms with van der Waals surface area (Å²) in [5.41, 5.74) is 2.28. The fourth-order valence-electron chi connectivity index (χ4n) is 3.24. The Morgan fingerprint density at radius 2 is 1.70 bits per heavy atom. The molecule has 1 N–H and O–H groups in total. The van der Waals surface area contributed by atoms with E-state index in [1.807, 2.05) is 24.3 Å². The third kappa shape index (κ3) is 6.34. The maximum Gasteiger partial charge on any atom is 0.344 e. The first-order chi connectivity index (χ1) is 14.5. The lowest BCUT2D eigenvalue weighted by atomic mass is 10.1. The Morgan fingerprint density at radius 3 is 2.40 bits per heavy atom. The Bertz CT molecular complexity index is 889. The predicted octanol–water partition coefficient (Wildman–Crippen LogP) is 3.44. The molecule has 2 aromatic rings. The van der Waals surface area contributed by atoms with Crippen LogP contribution in [-0.4, -0.2) is 44.0 Å². The van der Waals surface area contributed by atoms with E-state index in [1.165, 1.54) is 26.2 Å². The van der Waals surface area contributed by atoms with Gasteiger partial charge in [-0.15, -0.1) is 0 Å². The maximum atomic E-state index is 12.0. The van der Waals surface area contributed by atoms with Crippen LogP contribution < -0.4 is 15.0 Å². The molecular weight excluding hydrogens is 384 g/mol. The van der Waals surface area contributed by atoms with Crippen molar-refractivity contribution in [3.05, 3.63) is 54.1 Å². The molecule has 2 aromatic carbocycles. The van der Waals surface area contributed by atoms with Gasteiger partial charge in [0.15, 0.2) is 19.0 Å². The van der Waals surface area contributed by atoms with Crippen molar-refractivity contribution in [2.45, 2.75) is 26.2 Å². The van der Waals surface area contributed by atoms with Crippen LogP contribution in [0, 0.1) is 0 Å². The number of anilines is 2. The van der Waals surface area contributed by atoms with Crippen LogP contribution in [0.2, 0.25) is 0 Å². The van der Waals surface area contributed by atoms with E-state index >= 15 is 0 Å². The van der Waals surface area contributed by atoms with Gasteiger partial charge in [-0.3, -0.25) is 9.59 Å². The van der Waals surface area contributed by atoms with Crippen molar-refractivity contribution in [1.82, 2.24) is 0 Å². The standard InChI is InChI=1S/C23H26N2O5/c1-17(26)18-6-5-7-21(14-18)29-16-23(28)30-15-22(27)24-19-8-10-20(11-9-19)25-12-3-2-4-13-25/h5-11,14H,2-4,12-13,15-16H2,1H3,(H,24,27). The molecule has 0 atom stereocenters. The largest absolute Gasteiger partial charge is 0.482 e. The number of hydrogen-bond acceptors (Lipinski definition) is 6. The molecule has 158 valence electrons. The minimum absolute atomic E-state index is 0.0938. The van der Waals surface area contributed by atoms with Gasteiger partial charge in [0.05, 0.1) is 0 Å². The van der Waals surface area contributed by atoms with Gasteiger partial charge < -0.3 is 19.7 Å². The first kappa shape index (κ1) is 21.4. The van der Waals surface area contributed by atoms with Crippen molar-refractivity contribution in [2.75, 3.05) is 36.5 Å². The van der Waals surface area contributed by atoms with Crippen molar-refractivity contribution in [1.29, 1.82) is 0 Å². The van der Waals surface area contributed by atoms with E-state index in [4.69, 9.17) is 9.47 Å². The van der Waals surface area contributed by atoms with Gasteiger partial charge in [0, 0.05) is 30.0 Å². The number of esters is 1. The molecule has 0 bridgehead atoms. The van der Waals surface area contributed by atoms with E-state index in [-0.39, 0.29) is 12.4 Å². The van der Waals surface area contributed by atoms with Crippen LogP contribution in [0.25, 0.3) is 0 Å². The van der Waals surface area contributed by atoms with Gasteiger partial charge in [-0.25, -0.2) is 4.79 Å². The van der Waals surface area contributed by atoms with E-state index < -0.39 is 18.5 Å². The van der Waals surface area contributed by atoms with Gasteiger partial charge in [0.1, 0.15) is 5.75 Å². The van der Waals surface area contributed by atoms with Crippen LogP contribution in [0.5, 0.6) is 5.75 Å². The van der Waals surface area contributed by atoms with Crippen LogP contribution in [0.15, 0.2) is 48.5 Å². The van der Waals surface area contributed by atoms with E-state index in [1.54, 1.807) is 24.3 Å². The molecule has 0 aromatic heterocycles. The van der Waals surface area contributed by atoms with Gasteiger partial charge >= 0.3 is 5.97 Å². The summed E-state index contributed by atoms with van der Waals surface area (Å²) >= 11 is 0.